The highest BCUT2D eigenvalue weighted by Gasteiger charge is 2.25. The Hall–Kier alpha value is -0.680. The van der Waals surface area contributed by atoms with Gasteiger partial charge in [0.25, 0.3) is 0 Å². The van der Waals surface area contributed by atoms with Gasteiger partial charge in [-0.2, -0.15) is 0 Å². The standard InChI is InChI=1S/C12H24N2O2S/c1-5-10(12(15)16-7-3)14(6-2)8-9(4)11(13)17/h9-10H,5-8H2,1-4H3,(H2,13,17). The molecule has 0 aromatic heterocycles. The highest BCUT2D eigenvalue weighted by atomic mass is 32.1. The van der Waals surface area contributed by atoms with E-state index in [2.05, 4.69) is 4.90 Å². The molecule has 0 spiro atoms. The molecule has 0 rings (SSSR count). The fourth-order valence-corrected chi connectivity index (χ4v) is 1.81. The number of likely N-dealkylation sites (N-methyl/N-ethyl adjacent to an activating group) is 1. The predicted octanol–water partition coefficient (Wildman–Crippen LogP) is 1.57. The van der Waals surface area contributed by atoms with E-state index in [1.807, 2.05) is 27.7 Å². The van der Waals surface area contributed by atoms with Gasteiger partial charge < -0.3 is 10.5 Å². The maximum Gasteiger partial charge on any atom is 0.323 e. The topological polar surface area (TPSA) is 55.6 Å². The first kappa shape index (κ1) is 16.3. The van der Waals surface area contributed by atoms with Crippen LogP contribution >= 0.6 is 12.2 Å². The molecule has 0 heterocycles. The summed E-state index contributed by atoms with van der Waals surface area (Å²) in [6.07, 6.45) is 0.733. The minimum absolute atomic E-state index is 0.105. The summed E-state index contributed by atoms with van der Waals surface area (Å²) in [5.41, 5.74) is 5.60. The lowest BCUT2D eigenvalue weighted by Gasteiger charge is -2.30. The Labute approximate surface area is 109 Å². The minimum atomic E-state index is -0.197. The SMILES string of the molecule is CCOC(=O)C(CC)N(CC)CC(C)C(N)=S. The molecule has 2 atom stereocenters. The molecule has 0 aromatic carbocycles. The van der Waals surface area contributed by atoms with Gasteiger partial charge in [-0.3, -0.25) is 9.69 Å². The number of hydrogen-bond donors (Lipinski definition) is 1. The molecule has 17 heavy (non-hydrogen) atoms. The van der Waals surface area contributed by atoms with Crippen LogP contribution in [0.1, 0.15) is 34.1 Å². The molecule has 0 amide bonds. The number of nitrogens with zero attached hydrogens (tertiary/aromatic N) is 1. The van der Waals surface area contributed by atoms with E-state index in [0.29, 0.717) is 18.1 Å². The molecule has 4 nitrogen and oxygen atoms in total. The van der Waals surface area contributed by atoms with Crippen LogP contribution in [0, 0.1) is 5.92 Å². The van der Waals surface area contributed by atoms with Crippen molar-refractivity contribution in [2.75, 3.05) is 19.7 Å². The fourth-order valence-electron chi connectivity index (χ4n) is 1.73. The molecule has 2 unspecified atom stereocenters. The lowest BCUT2D eigenvalue weighted by atomic mass is 10.1. The molecule has 0 aliphatic heterocycles. The molecule has 0 bridgehead atoms. The van der Waals surface area contributed by atoms with Crippen LogP contribution in [-0.2, 0) is 9.53 Å². The number of carbonyl (C=O) groups is 1. The molecule has 0 radical (unpaired) electrons. The van der Waals surface area contributed by atoms with Crippen molar-refractivity contribution in [1.29, 1.82) is 0 Å². The van der Waals surface area contributed by atoms with Crippen LogP contribution in [0.25, 0.3) is 0 Å². The number of esters is 1. The van der Waals surface area contributed by atoms with Gasteiger partial charge >= 0.3 is 5.97 Å². The van der Waals surface area contributed by atoms with Crippen molar-refractivity contribution in [2.45, 2.75) is 40.2 Å². The molecule has 0 saturated heterocycles. The van der Waals surface area contributed by atoms with E-state index in [1.165, 1.54) is 0 Å². The summed E-state index contributed by atoms with van der Waals surface area (Å²) in [5.74, 6) is -0.0552. The Morgan fingerprint density at radius 3 is 2.35 bits per heavy atom. The summed E-state index contributed by atoms with van der Waals surface area (Å²) < 4.78 is 5.08. The first-order valence-electron chi connectivity index (χ1n) is 6.17. The zero-order valence-electron chi connectivity index (χ0n) is 11.2. The van der Waals surface area contributed by atoms with Crippen LogP contribution in [0.3, 0.4) is 0 Å². The third kappa shape index (κ3) is 5.46. The number of hydrogen-bond acceptors (Lipinski definition) is 4. The lowest BCUT2D eigenvalue weighted by Crippen LogP contribution is -2.45. The van der Waals surface area contributed by atoms with E-state index in [1.54, 1.807) is 0 Å². The highest BCUT2D eigenvalue weighted by Crippen LogP contribution is 2.10. The monoisotopic (exact) mass is 260 g/mol. The second-order valence-electron chi connectivity index (χ2n) is 4.07. The van der Waals surface area contributed by atoms with Gasteiger partial charge in [-0.15, -0.1) is 0 Å². The number of carbonyl (C=O) groups excluding carboxylic acids is 1. The van der Waals surface area contributed by atoms with Crippen molar-refractivity contribution >= 4 is 23.2 Å². The van der Waals surface area contributed by atoms with Crippen molar-refractivity contribution in [2.24, 2.45) is 11.7 Å². The van der Waals surface area contributed by atoms with Crippen LogP contribution in [-0.4, -0.2) is 41.6 Å². The summed E-state index contributed by atoms with van der Waals surface area (Å²) in [6, 6.07) is -0.197. The molecular formula is C12H24N2O2S. The largest absolute Gasteiger partial charge is 0.465 e. The Bertz CT molecular complexity index is 259. The van der Waals surface area contributed by atoms with Crippen molar-refractivity contribution in [1.82, 2.24) is 4.90 Å². The van der Waals surface area contributed by atoms with Crippen molar-refractivity contribution < 1.29 is 9.53 Å². The molecule has 5 heteroatoms. The predicted molar refractivity (Wildman–Crippen MR) is 73.9 cm³/mol. The molecule has 0 fully saturated rings. The van der Waals surface area contributed by atoms with E-state index >= 15 is 0 Å². The van der Waals surface area contributed by atoms with Crippen molar-refractivity contribution in [3.63, 3.8) is 0 Å². The molecule has 0 aliphatic carbocycles. The Balaban J connectivity index is 4.58. The van der Waals surface area contributed by atoms with E-state index in [9.17, 15) is 4.79 Å². The maximum atomic E-state index is 11.8. The van der Waals surface area contributed by atoms with Gasteiger partial charge in [0.2, 0.25) is 0 Å². The van der Waals surface area contributed by atoms with Crippen molar-refractivity contribution in [3.05, 3.63) is 0 Å². The van der Waals surface area contributed by atoms with Crippen LogP contribution < -0.4 is 5.73 Å². The van der Waals surface area contributed by atoms with Gasteiger partial charge in [0.15, 0.2) is 0 Å². The van der Waals surface area contributed by atoms with Gasteiger partial charge in [-0.25, -0.2) is 0 Å². The van der Waals surface area contributed by atoms with Crippen LogP contribution in [0.15, 0.2) is 0 Å². The second-order valence-corrected chi connectivity index (χ2v) is 4.54. The first-order chi connectivity index (χ1) is 7.97. The van der Waals surface area contributed by atoms with Crippen LogP contribution in [0.4, 0.5) is 0 Å². The average molecular weight is 260 g/mol. The Morgan fingerprint density at radius 2 is 2.00 bits per heavy atom. The van der Waals surface area contributed by atoms with Crippen LogP contribution in [0.2, 0.25) is 0 Å². The zero-order valence-corrected chi connectivity index (χ0v) is 12.0. The quantitative estimate of drug-likeness (QED) is 0.530. The van der Waals surface area contributed by atoms with E-state index in [0.717, 1.165) is 13.0 Å². The molecule has 0 aliphatic rings. The smallest absolute Gasteiger partial charge is 0.323 e. The van der Waals surface area contributed by atoms with Gasteiger partial charge in [-0.1, -0.05) is 33.0 Å². The average Bonchev–Trinajstić information content (AvgIpc) is 2.28. The lowest BCUT2D eigenvalue weighted by molar-refractivity contribution is -0.149. The summed E-state index contributed by atoms with van der Waals surface area (Å²) in [4.78, 5) is 14.4. The third-order valence-electron chi connectivity index (χ3n) is 2.79. The fraction of sp³-hybridized carbons (Fsp3) is 0.833. The third-order valence-corrected chi connectivity index (χ3v) is 3.19. The summed E-state index contributed by atoms with van der Waals surface area (Å²) in [6.45, 7) is 9.69. The highest BCUT2D eigenvalue weighted by molar-refractivity contribution is 7.80. The molecule has 0 aromatic rings. The minimum Gasteiger partial charge on any atom is -0.465 e. The number of ether oxygens (including phenoxy) is 1. The van der Waals surface area contributed by atoms with Gasteiger partial charge in [0, 0.05) is 12.5 Å². The van der Waals surface area contributed by atoms with Gasteiger partial charge in [0.1, 0.15) is 6.04 Å². The molecular weight excluding hydrogens is 236 g/mol. The molecule has 0 saturated carbocycles. The Morgan fingerprint density at radius 1 is 1.41 bits per heavy atom. The van der Waals surface area contributed by atoms with E-state index < -0.39 is 0 Å². The zero-order chi connectivity index (χ0) is 13.4. The van der Waals surface area contributed by atoms with Gasteiger partial charge in [0.05, 0.1) is 11.6 Å². The normalized spacial score (nSPS) is 14.4. The number of rotatable bonds is 8. The first-order valence-corrected chi connectivity index (χ1v) is 6.58. The van der Waals surface area contributed by atoms with E-state index in [4.69, 9.17) is 22.7 Å². The van der Waals surface area contributed by atoms with Crippen molar-refractivity contribution in [3.8, 4) is 0 Å². The molecule has 2 N–H and O–H groups in total. The second kappa shape index (κ2) is 8.42. The van der Waals surface area contributed by atoms with Crippen LogP contribution in [0.5, 0.6) is 0 Å². The summed E-state index contributed by atoms with van der Waals surface area (Å²) >= 11 is 4.96. The Kier molecular flexibility index (Phi) is 8.08. The molecule has 100 valence electrons. The summed E-state index contributed by atoms with van der Waals surface area (Å²) in [5, 5.41) is 0. The maximum absolute atomic E-state index is 11.8. The summed E-state index contributed by atoms with van der Waals surface area (Å²) in [7, 11) is 0. The number of nitrogens with two attached hydrogens (primary N) is 1. The van der Waals surface area contributed by atoms with E-state index in [-0.39, 0.29) is 17.9 Å². The van der Waals surface area contributed by atoms with Gasteiger partial charge in [-0.05, 0) is 19.9 Å². The number of thiocarbonyl (C=S) groups is 1.